The van der Waals surface area contributed by atoms with Gasteiger partial charge in [0.15, 0.2) is 0 Å². The number of hydrogen-bond donors (Lipinski definition) is 3. The second-order valence-electron chi connectivity index (χ2n) is 7.72. The summed E-state index contributed by atoms with van der Waals surface area (Å²) >= 11 is 0. The summed E-state index contributed by atoms with van der Waals surface area (Å²) in [6.07, 6.45) is 5.57. The first-order chi connectivity index (χ1) is 13.0. The molecule has 0 bridgehead atoms. The molecule has 1 aliphatic carbocycles. The molecule has 5 amide bonds. The Morgan fingerprint density at radius 2 is 1.89 bits per heavy atom. The fourth-order valence-electron chi connectivity index (χ4n) is 4.31. The van der Waals surface area contributed by atoms with Crippen molar-refractivity contribution in [2.45, 2.75) is 50.5 Å². The SMILES string of the molecule is Cl.NCCNC(=O)C1CCCN(C(=O)CN2C(=O)NC3(CCCCC3)C2=O)C1. The number of nitrogens with two attached hydrogens (primary N) is 1. The van der Waals surface area contributed by atoms with E-state index in [9.17, 15) is 19.2 Å². The van der Waals surface area contributed by atoms with Crippen LogP contribution in [0.2, 0.25) is 0 Å². The maximum atomic E-state index is 12.8. The van der Waals surface area contributed by atoms with Gasteiger partial charge in [0.05, 0.1) is 5.92 Å². The van der Waals surface area contributed by atoms with E-state index in [0.29, 0.717) is 45.4 Å². The lowest BCUT2D eigenvalue weighted by Crippen LogP contribution is -2.51. The molecule has 2 saturated heterocycles. The lowest BCUT2D eigenvalue weighted by Gasteiger charge is -2.33. The Kier molecular flexibility index (Phi) is 7.65. The van der Waals surface area contributed by atoms with Gasteiger partial charge in [-0.15, -0.1) is 12.4 Å². The molecule has 9 nitrogen and oxygen atoms in total. The quantitative estimate of drug-likeness (QED) is 0.544. The second-order valence-corrected chi connectivity index (χ2v) is 7.72. The van der Waals surface area contributed by atoms with Crippen molar-refractivity contribution in [2.75, 3.05) is 32.7 Å². The molecule has 10 heteroatoms. The minimum absolute atomic E-state index is 0. The Bertz CT molecular complexity index is 623. The number of urea groups is 1. The van der Waals surface area contributed by atoms with Crippen LogP contribution in [0.1, 0.15) is 44.9 Å². The Labute approximate surface area is 171 Å². The van der Waals surface area contributed by atoms with Gasteiger partial charge in [-0.05, 0) is 25.7 Å². The highest BCUT2D eigenvalue weighted by molar-refractivity contribution is 6.09. The fourth-order valence-corrected chi connectivity index (χ4v) is 4.31. The number of carbonyl (C=O) groups excluding carboxylic acids is 4. The van der Waals surface area contributed by atoms with Crippen LogP contribution in [0.15, 0.2) is 0 Å². The minimum atomic E-state index is -0.817. The zero-order valence-electron chi connectivity index (χ0n) is 16.1. The summed E-state index contributed by atoms with van der Waals surface area (Å²) in [5.41, 5.74) is 4.59. The minimum Gasteiger partial charge on any atom is -0.355 e. The molecule has 0 aromatic heterocycles. The molecule has 3 aliphatic rings. The summed E-state index contributed by atoms with van der Waals surface area (Å²) in [4.78, 5) is 52.6. The van der Waals surface area contributed by atoms with Gasteiger partial charge in [-0.3, -0.25) is 19.3 Å². The molecule has 1 atom stereocenters. The molecule has 2 aliphatic heterocycles. The Morgan fingerprint density at radius 1 is 1.18 bits per heavy atom. The molecule has 0 radical (unpaired) electrons. The van der Waals surface area contributed by atoms with Crippen molar-refractivity contribution in [1.82, 2.24) is 20.4 Å². The third-order valence-electron chi connectivity index (χ3n) is 5.83. The molecular formula is C18H30ClN5O4. The van der Waals surface area contributed by atoms with Gasteiger partial charge in [0.2, 0.25) is 11.8 Å². The molecule has 2 heterocycles. The highest BCUT2D eigenvalue weighted by Gasteiger charge is 2.51. The first-order valence-electron chi connectivity index (χ1n) is 9.86. The van der Waals surface area contributed by atoms with Crippen LogP contribution in [0.4, 0.5) is 4.79 Å². The van der Waals surface area contributed by atoms with Crippen LogP contribution in [0.3, 0.4) is 0 Å². The number of likely N-dealkylation sites (tertiary alicyclic amines) is 1. The molecular weight excluding hydrogens is 386 g/mol. The average molecular weight is 416 g/mol. The summed E-state index contributed by atoms with van der Waals surface area (Å²) in [6.45, 7) is 1.37. The summed E-state index contributed by atoms with van der Waals surface area (Å²) in [5.74, 6) is -0.950. The second kappa shape index (κ2) is 9.56. The number of hydrogen-bond acceptors (Lipinski definition) is 5. The van der Waals surface area contributed by atoms with Crippen LogP contribution < -0.4 is 16.4 Å². The van der Waals surface area contributed by atoms with Crippen LogP contribution in [-0.4, -0.2) is 71.8 Å². The average Bonchev–Trinajstić information content (AvgIpc) is 2.90. The molecule has 0 aromatic rings. The van der Waals surface area contributed by atoms with Crippen molar-refractivity contribution in [3.8, 4) is 0 Å². The number of amides is 5. The summed E-state index contributed by atoms with van der Waals surface area (Å²) < 4.78 is 0. The van der Waals surface area contributed by atoms with E-state index < -0.39 is 11.6 Å². The van der Waals surface area contributed by atoms with Crippen LogP contribution in [0.25, 0.3) is 0 Å². The maximum Gasteiger partial charge on any atom is 0.325 e. The largest absolute Gasteiger partial charge is 0.355 e. The maximum absolute atomic E-state index is 12.8. The smallest absolute Gasteiger partial charge is 0.325 e. The number of rotatable bonds is 5. The molecule has 4 N–H and O–H groups in total. The lowest BCUT2D eigenvalue weighted by atomic mass is 9.82. The molecule has 3 fully saturated rings. The number of piperidine rings is 1. The van der Waals surface area contributed by atoms with Crippen molar-refractivity contribution < 1.29 is 19.2 Å². The van der Waals surface area contributed by atoms with Crippen LogP contribution in [0, 0.1) is 5.92 Å². The van der Waals surface area contributed by atoms with Crippen molar-refractivity contribution >= 4 is 36.2 Å². The highest BCUT2D eigenvalue weighted by Crippen LogP contribution is 2.33. The number of nitrogens with one attached hydrogen (secondary N) is 2. The van der Waals surface area contributed by atoms with Crippen molar-refractivity contribution in [1.29, 1.82) is 0 Å². The summed E-state index contributed by atoms with van der Waals surface area (Å²) in [5, 5.41) is 5.58. The lowest BCUT2D eigenvalue weighted by molar-refractivity contribution is -0.141. The number of carbonyl (C=O) groups is 4. The van der Waals surface area contributed by atoms with E-state index in [1.165, 1.54) is 0 Å². The van der Waals surface area contributed by atoms with Gasteiger partial charge in [-0.1, -0.05) is 19.3 Å². The molecule has 158 valence electrons. The predicted octanol–water partition coefficient (Wildman–Crippen LogP) is -0.0236. The van der Waals surface area contributed by atoms with Crippen LogP contribution in [-0.2, 0) is 14.4 Å². The fraction of sp³-hybridized carbons (Fsp3) is 0.778. The zero-order valence-corrected chi connectivity index (χ0v) is 16.9. The molecule has 1 unspecified atom stereocenters. The Hall–Kier alpha value is -1.87. The number of nitrogens with zero attached hydrogens (tertiary/aromatic N) is 2. The highest BCUT2D eigenvalue weighted by atomic mass is 35.5. The van der Waals surface area contributed by atoms with Crippen molar-refractivity contribution in [2.24, 2.45) is 11.7 Å². The molecule has 28 heavy (non-hydrogen) atoms. The van der Waals surface area contributed by atoms with Gasteiger partial charge in [0, 0.05) is 26.2 Å². The topological polar surface area (TPSA) is 125 Å². The van der Waals surface area contributed by atoms with E-state index in [4.69, 9.17) is 5.73 Å². The Morgan fingerprint density at radius 3 is 2.57 bits per heavy atom. The van der Waals surface area contributed by atoms with Gasteiger partial charge < -0.3 is 21.3 Å². The predicted molar refractivity (Wildman–Crippen MR) is 105 cm³/mol. The van der Waals surface area contributed by atoms with Crippen LogP contribution >= 0.6 is 12.4 Å². The van der Waals surface area contributed by atoms with E-state index >= 15 is 0 Å². The normalized spacial score (nSPS) is 24.0. The van der Waals surface area contributed by atoms with Crippen molar-refractivity contribution in [3.05, 3.63) is 0 Å². The van der Waals surface area contributed by atoms with E-state index in [1.807, 2.05) is 0 Å². The van der Waals surface area contributed by atoms with E-state index in [1.54, 1.807) is 4.90 Å². The first kappa shape index (κ1) is 22.4. The van der Waals surface area contributed by atoms with Gasteiger partial charge in [-0.25, -0.2) is 4.79 Å². The third kappa shape index (κ3) is 4.57. The zero-order chi connectivity index (χ0) is 19.4. The monoisotopic (exact) mass is 415 g/mol. The summed E-state index contributed by atoms with van der Waals surface area (Å²) in [6, 6.07) is -0.482. The standard InChI is InChI=1S/C18H29N5O4.ClH/c19-8-9-20-15(25)13-5-4-10-22(11-13)14(24)12-23-16(26)18(21-17(23)27)6-2-1-3-7-18;/h13H,1-12,19H2,(H,20,25)(H,21,27);1H. The van der Waals surface area contributed by atoms with Crippen LogP contribution in [0.5, 0.6) is 0 Å². The number of imide groups is 1. The van der Waals surface area contributed by atoms with E-state index in [2.05, 4.69) is 10.6 Å². The van der Waals surface area contributed by atoms with E-state index in [0.717, 1.165) is 30.6 Å². The summed E-state index contributed by atoms with van der Waals surface area (Å²) in [7, 11) is 0. The third-order valence-corrected chi connectivity index (χ3v) is 5.83. The molecule has 0 aromatic carbocycles. The van der Waals surface area contributed by atoms with Crippen molar-refractivity contribution in [3.63, 3.8) is 0 Å². The van der Waals surface area contributed by atoms with Gasteiger partial charge in [0.1, 0.15) is 12.1 Å². The van der Waals surface area contributed by atoms with E-state index in [-0.39, 0.29) is 42.6 Å². The first-order valence-corrected chi connectivity index (χ1v) is 9.86. The molecule has 1 spiro atoms. The number of halogens is 1. The molecule has 1 saturated carbocycles. The van der Waals surface area contributed by atoms with Gasteiger partial charge >= 0.3 is 6.03 Å². The Balaban J connectivity index is 0.00000280. The van der Waals surface area contributed by atoms with Gasteiger partial charge in [0.25, 0.3) is 5.91 Å². The molecule has 3 rings (SSSR count). The van der Waals surface area contributed by atoms with Gasteiger partial charge in [-0.2, -0.15) is 0 Å².